The summed E-state index contributed by atoms with van der Waals surface area (Å²) in [4.78, 5) is 12.0. The SMILES string of the molecule is CC.CC.O=C(C1=CC2CC2C=C1)c1ccccc1. The summed E-state index contributed by atoms with van der Waals surface area (Å²) < 4.78 is 0. The van der Waals surface area contributed by atoms with Gasteiger partial charge in [-0.1, -0.05) is 76.3 Å². The van der Waals surface area contributed by atoms with E-state index in [0.29, 0.717) is 5.92 Å². The summed E-state index contributed by atoms with van der Waals surface area (Å²) in [6.45, 7) is 8.00. The van der Waals surface area contributed by atoms with Crippen LogP contribution in [0.15, 0.2) is 54.1 Å². The molecule has 0 spiro atoms. The van der Waals surface area contributed by atoms with Gasteiger partial charge >= 0.3 is 0 Å². The van der Waals surface area contributed by atoms with Gasteiger partial charge in [0.05, 0.1) is 0 Å². The maximum atomic E-state index is 12.0. The van der Waals surface area contributed by atoms with Crippen LogP contribution in [-0.4, -0.2) is 5.78 Å². The zero-order chi connectivity index (χ0) is 14.3. The van der Waals surface area contributed by atoms with E-state index in [-0.39, 0.29) is 5.78 Å². The Balaban J connectivity index is 0.000000415. The van der Waals surface area contributed by atoms with E-state index in [0.717, 1.165) is 17.1 Å². The van der Waals surface area contributed by atoms with Gasteiger partial charge < -0.3 is 0 Å². The van der Waals surface area contributed by atoms with E-state index < -0.39 is 0 Å². The molecule has 19 heavy (non-hydrogen) atoms. The van der Waals surface area contributed by atoms with Crippen LogP contribution in [0.5, 0.6) is 0 Å². The molecule has 0 N–H and O–H groups in total. The van der Waals surface area contributed by atoms with E-state index >= 15 is 0 Å². The van der Waals surface area contributed by atoms with Crippen LogP contribution >= 0.6 is 0 Å². The molecule has 1 fully saturated rings. The Labute approximate surface area is 117 Å². The number of ketones is 1. The van der Waals surface area contributed by atoms with Crippen LogP contribution in [0.2, 0.25) is 0 Å². The normalized spacial score (nSPS) is 21.8. The number of Topliss-reactive ketones (excluding diaryl/α,β-unsaturated/α-hetero) is 1. The second kappa shape index (κ2) is 7.73. The average molecular weight is 256 g/mol. The van der Waals surface area contributed by atoms with Crippen molar-refractivity contribution in [2.75, 3.05) is 0 Å². The molecule has 0 amide bonds. The minimum absolute atomic E-state index is 0.150. The first-order chi connectivity index (χ1) is 9.34. The van der Waals surface area contributed by atoms with Gasteiger partial charge in [0, 0.05) is 11.1 Å². The predicted octanol–water partition coefficient (Wildman–Crippen LogP) is 5.05. The minimum atomic E-state index is 0.150. The standard InChI is InChI=1S/C14H12O.2C2H6/c15-14(10-4-2-1-3-5-10)12-7-6-11-8-13(11)9-12;2*1-2/h1-7,9,11,13H,8H2;2*1-2H3. The lowest BCUT2D eigenvalue weighted by molar-refractivity contribution is 0.103. The molecule has 0 heterocycles. The van der Waals surface area contributed by atoms with Crippen LogP contribution in [0.1, 0.15) is 44.5 Å². The fraction of sp³-hybridized carbons (Fsp3) is 0.389. The van der Waals surface area contributed by atoms with E-state index in [1.165, 1.54) is 6.42 Å². The Bertz CT molecular complexity index is 454. The Morgan fingerprint density at radius 2 is 1.63 bits per heavy atom. The lowest BCUT2D eigenvalue weighted by Crippen LogP contribution is -2.03. The molecule has 1 aromatic carbocycles. The summed E-state index contributed by atoms with van der Waals surface area (Å²) in [5.41, 5.74) is 1.65. The van der Waals surface area contributed by atoms with Gasteiger partial charge in [-0.3, -0.25) is 4.79 Å². The van der Waals surface area contributed by atoms with Crippen molar-refractivity contribution in [3.8, 4) is 0 Å². The summed E-state index contributed by atoms with van der Waals surface area (Å²) in [5, 5.41) is 0. The summed E-state index contributed by atoms with van der Waals surface area (Å²) in [7, 11) is 0. The molecule has 1 saturated carbocycles. The first-order valence-electron chi connectivity index (χ1n) is 7.34. The highest BCUT2D eigenvalue weighted by Gasteiger charge is 2.35. The molecule has 3 rings (SSSR count). The number of allylic oxidation sites excluding steroid dienone is 4. The van der Waals surface area contributed by atoms with Crippen molar-refractivity contribution >= 4 is 5.78 Å². The number of hydrogen-bond donors (Lipinski definition) is 0. The van der Waals surface area contributed by atoms with Gasteiger partial charge in [-0.2, -0.15) is 0 Å². The van der Waals surface area contributed by atoms with Crippen molar-refractivity contribution in [1.29, 1.82) is 0 Å². The van der Waals surface area contributed by atoms with Crippen LogP contribution in [0, 0.1) is 11.8 Å². The molecule has 2 aliphatic rings. The van der Waals surface area contributed by atoms with Crippen LogP contribution < -0.4 is 0 Å². The van der Waals surface area contributed by atoms with Crippen molar-refractivity contribution in [3.63, 3.8) is 0 Å². The lowest BCUT2D eigenvalue weighted by Gasteiger charge is -2.05. The van der Waals surface area contributed by atoms with Gasteiger partial charge in [-0.05, 0) is 18.3 Å². The smallest absolute Gasteiger partial charge is 0.192 e. The van der Waals surface area contributed by atoms with Crippen LogP contribution in [0.4, 0.5) is 0 Å². The van der Waals surface area contributed by atoms with E-state index in [1.807, 2.05) is 64.1 Å². The second-order valence-electron chi connectivity index (χ2n) is 4.24. The van der Waals surface area contributed by atoms with Crippen molar-refractivity contribution in [2.45, 2.75) is 34.1 Å². The molecule has 0 aromatic heterocycles. The third-order valence-corrected chi connectivity index (χ3v) is 3.11. The Morgan fingerprint density at radius 3 is 2.21 bits per heavy atom. The van der Waals surface area contributed by atoms with Crippen molar-refractivity contribution in [3.05, 3.63) is 59.7 Å². The molecule has 0 bridgehead atoms. The van der Waals surface area contributed by atoms with Gasteiger partial charge in [-0.15, -0.1) is 0 Å². The molecule has 1 aromatic rings. The molecule has 1 nitrogen and oxygen atoms in total. The summed E-state index contributed by atoms with van der Waals surface area (Å²) >= 11 is 0. The van der Waals surface area contributed by atoms with Crippen molar-refractivity contribution in [2.24, 2.45) is 11.8 Å². The fourth-order valence-corrected chi connectivity index (χ4v) is 2.07. The molecule has 0 radical (unpaired) electrons. The van der Waals surface area contributed by atoms with E-state index in [2.05, 4.69) is 12.2 Å². The minimum Gasteiger partial charge on any atom is -0.289 e. The molecule has 2 atom stereocenters. The van der Waals surface area contributed by atoms with E-state index in [9.17, 15) is 4.79 Å². The molecule has 0 saturated heterocycles. The number of benzene rings is 1. The monoisotopic (exact) mass is 256 g/mol. The summed E-state index contributed by atoms with van der Waals surface area (Å²) in [6, 6.07) is 9.48. The van der Waals surface area contributed by atoms with Crippen molar-refractivity contribution < 1.29 is 4.79 Å². The Morgan fingerprint density at radius 1 is 1.00 bits per heavy atom. The summed E-state index contributed by atoms with van der Waals surface area (Å²) in [5.74, 6) is 1.51. The van der Waals surface area contributed by atoms with Crippen LogP contribution in [0.3, 0.4) is 0 Å². The summed E-state index contributed by atoms with van der Waals surface area (Å²) in [6.07, 6.45) is 7.49. The molecular weight excluding hydrogens is 232 g/mol. The second-order valence-corrected chi connectivity index (χ2v) is 4.24. The molecule has 2 aliphatic carbocycles. The molecule has 1 heteroatoms. The van der Waals surface area contributed by atoms with Crippen LogP contribution in [0.25, 0.3) is 0 Å². The van der Waals surface area contributed by atoms with E-state index in [1.54, 1.807) is 0 Å². The van der Waals surface area contributed by atoms with Gasteiger partial charge in [0.1, 0.15) is 0 Å². The number of hydrogen-bond acceptors (Lipinski definition) is 1. The predicted molar refractivity (Wildman–Crippen MR) is 82.3 cm³/mol. The average Bonchev–Trinajstić information content (AvgIpc) is 3.30. The van der Waals surface area contributed by atoms with Crippen LogP contribution in [-0.2, 0) is 0 Å². The molecular formula is C18H24O. The number of carbonyl (C=O) groups is 1. The lowest BCUT2D eigenvalue weighted by atomic mass is 9.98. The zero-order valence-corrected chi connectivity index (χ0v) is 12.4. The Kier molecular flexibility index (Phi) is 6.27. The highest BCUT2D eigenvalue weighted by Crippen LogP contribution is 2.44. The highest BCUT2D eigenvalue weighted by atomic mass is 16.1. The fourth-order valence-electron chi connectivity index (χ4n) is 2.07. The molecule has 0 aliphatic heterocycles. The third-order valence-electron chi connectivity index (χ3n) is 3.11. The first-order valence-corrected chi connectivity index (χ1v) is 7.34. The molecule has 102 valence electrons. The number of carbonyl (C=O) groups excluding carboxylic acids is 1. The van der Waals surface area contributed by atoms with Gasteiger partial charge in [-0.25, -0.2) is 0 Å². The molecule has 2 unspecified atom stereocenters. The maximum absolute atomic E-state index is 12.0. The Hall–Kier alpha value is -1.63. The third kappa shape index (κ3) is 3.92. The zero-order valence-electron chi connectivity index (χ0n) is 12.4. The largest absolute Gasteiger partial charge is 0.289 e. The van der Waals surface area contributed by atoms with E-state index in [4.69, 9.17) is 0 Å². The van der Waals surface area contributed by atoms with Crippen molar-refractivity contribution in [1.82, 2.24) is 0 Å². The van der Waals surface area contributed by atoms with Gasteiger partial charge in [0.25, 0.3) is 0 Å². The number of rotatable bonds is 2. The topological polar surface area (TPSA) is 17.1 Å². The van der Waals surface area contributed by atoms with Gasteiger partial charge in [0.2, 0.25) is 0 Å². The first kappa shape index (κ1) is 15.4. The number of fused-ring (bicyclic) bond motifs is 1. The quantitative estimate of drug-likeness (QED) is 0.676. The van der Waals surface area contributed by atoms with Gasteiger partial charge in [0.15, 0.2) is 5.78 Å². The maximum Gasteiger partial charge on any atom is 0.192 e. The highest BCUT2D eigenvalue weighted by molar-refractivity contribution is 6.10.